The molecule has 0 unspecified atom stereocenters. The van der Waals surface area contributed by atoms with Crippen LogP contribution in [0.1, 0.15) is 17.7 Å². The lowest BCUT2D eigenvalue weighted by atomic mass is 10.1. The van der Waals surface area contributed by atoms with E-state index >= 15 is 0 Å². The molecule has 3 aromatic rings. The van der Waals surface area contributed by atoms with Crippen molar-refractivity contribution >= 4 is 21.6 Å². The Labute approximate surface area is 223 Å². The van der Waals surface area contributed by atoms with Gasteiger partial charge in [-0.05, 0) is 28.9 Å². The van der Waals surface area contributed by atoms with E-state index in [1.165, 1.54) is 21.3 Å². The summed E-state index contributed by atoms with van der Waals surface area (Å²) in [6.07, 6.45) is 6.83. The highest BCUT2D eigenvalue weighted by Gasteiger charge is 2.27. The smallest absolute Gasteiger partial charge is 0.319 e. The van der Waals surface area contributed by atoms with E-state index in [0.717, 1.165) is 49.4 Å². The summed E-state index contributed by atoms with van der Waals surface area (Å²) in [7, 11) is 6.16. The highest BCUT2D eigenvalue weighted by molar-refractivity contribution is 9.10. The predicted molar refractivity (Wildman–Crippen MR) is 137 cm³/mol. The van der Waals surface area contributed by atoms with Crippen molar-refractivity contribution in [3.8, 4) is 29.7 Å². The van der Waals surface area contributed by atoms with Crippen LogP contribution in [0.5, 0.6) is 29.7 Å². The van der Waals surface area contributed by atoms with Crippen molar-refractivity contribution in [3.63, 3.8) is 0 Å². The summed E-state index contributed by atoms with van der Waals surface area (Å²) in [5.41, 5.74) is 2.87. The molecule has 0 spiro atoms. The first-order chi connectivity index (χ1) is 18.1. The van der Waals surface area contributed by atoms with Gasteiger partial charge in [0.15, 0.2) is 0 Å². The minimum Gasteiger partial charge on any atom is -0.480 e. The second-order valence-corrected chi connectivity index (χ2v) is 8.83. The maximum atomic E-state index is 6.13. The van der Waals surface area contributed by atoms with Gasteiger partial charge in [-0.1, -0.05) is 0 Å². The largest absolute Gasteiger partial charge is 0.480 e. The number of aromatic nitrogens is 6. The SMILES string of the molecule is COc1ncc(Br)c(OC)n1.COc1ncc(N2CCc3ncnc(O[C@H]4CCNC4)c3C2)c(OC)n1. The second kappa shape index (κ2) is 12.6. The number of rotatable bonds is 7. The van der Waals surface area contributed by atoms with E-state index < -0.39 is 0 Å². The van der Waals surface area contributed by atoms with Crippen LogP contribution in [0.15, 0.2) is 23.2 Å². The molecule has 3 aromatic heterocycles. The van der Waals surface area contributed by atoms with Crippen LogP contribution >= 0.6 is 15.9 Å². The average Bonchev–Trinajstić information content (AvgIpc) is 3.46. The van der Waals surface area contributed by atoms with Crippen molar-refractivity contribution in [2.75, 3.05) is 53.0 Å². The molecule has 2 aliphatic rings. The normalized spacial score (nSPS) is 16.2. The van der Waals surface area contributed by atoms with Gasteiger partial charge in [-0.25, -0.2) is 19.9 Å². The molecule has 0 aromatic carbocycles. The highest BCUT2D eigenvalue weighted by atomic mass is 79.9. The Morgan fingerprint density at radius 2 is 1.62 bits per heavy atom. The van der Waals surface area contributed by atoms with E-state index in [9.17, 15) is 0 Å². The van der Waals surface area contributed by atoms with Crippen LogP contribution in [-0.4, -0.2) is 84.1 Å². The number of hydrogen-bond donors (Lipinski definition) is 1. The molecule has 0 aliphatic carbocycles. The fraction of sp³-hybridized carbons (Fsp3) is 0.478. The Balaban J connectivity index is 0.000000245. The summed E-state index contributed by atoms with van der Waals surface area (Å²) < 4.78 is 27.0. The van der Waals surface area contributed by atoms with Crippen molar-refractivity contribution in [2.45, 2.75) is 25.5 Å². The van der Waals surface area contributed by atoms with Crippen molar-refractivity contribution in [1.29, 1.82) is 0 Å². The molecule has 2 aliphatic heterocycles. The van der Waals surface area contributed by atoms with E-state index in [1.807, 2.05) is 0 Å². The molecule has 0 saturated carbocycles. The average molecular weight is 577 g/mol. The van der Waals surface area contributed by atoms with Gasteiger partial charge in [-0.2, -0.15) is 9.97 Å². The van der Waals surface area contributed by atoms with Crippen LogP contribution in [0.3, 0.4) is 0 Å². The maximum Gasteiger partial charge on any atom is 0.319 e. The van der Waals surface area contributed by atoms with E-state index in [-0.39, 0.29) is 12.1 Å². The molecular formula is C23H29BrN8O5. The van der Waals surface area contributed by atoms with Gasteiger partial charge in [0.05, 0.1) is 63.1 Å². The van der Waals surface area contributed by atoms with Crippen LogP contribution in [-0.2, 0) is 13.0 Å². The Morgan fingerprint density at radius 1 is 0.892 bits per heavy atom. The molecule has 14 heteroatoms. The summed E-state index contributed by atoms with van der Waals surface area (Å²) in [6.45, 7) is 3.24. The Bertz CT molecular complexity index is 1200. The predicted octanol–water partition coefficient (Wildman–Crippen LogP) is 1.84. The first-order valence-electron chi connectivity index (χ1n) is 11.6. The van der Waals surface area contributed by atoms with E-state index in [4.69, 9.17) is 23.7 Å². The number of anilines is 1. The monoisotopic (exact) mass is 576 g/mol. The molecule has 198 valence electrons. The molecule has 13 nitrogen and oxygen atoms in total. The fourth-order valence-corrected chi connectivity index (χ4v) is 4.25. The van der Waals surface area contributed by atoms with Gasteiger partial charge in [-0.15, -0.1) is 0 Å². The van der Waals surface area contributed by atoms with Crippen molar-refractivity contribution < 1.29 is 23.7 Å². The van der Waals surface area contributed by atoms with Gasteiger partial charge in [0.25, 0.3) is 0 Å². The van der Waals surface area contributed by atoms with E-state index in [1.54, 1.807) is 25.8 Å². The Hall–Kier alpha value is -3.52. The second-order valence-electron chi connectivity index (χ2n) is 7.97. The van der Waals surface area contributed by atoms with Crippen molar-refractivity contribution in [2.24, 2.45) is 0 Å². The number of ether oxygens (including phenoxy) is 5. The summed E-state index contributed by atoms with van der Waals surface area (Å²) in [5.74, 6) is 1.62. The lowest BCUT2D eigenvalue weighted by molar-refractivity contribution is 0.210. The number of methoxy groups -OCH3 is 4. The number of hydrogen-bond acceptors (Lipinski definition) is 13. The number of nitrogens with zero attached hydrogens (tertiary/aromatic N) is 7. The van der Waals surface area contributed by atoms with Gasteiger partial charge in [0, 0.05) is 19.5 Å². The molecule has 1 saturated heterocycles. The van der Waals surface area contributed by atoms with Crippen LogP contribution in [0.4, 0.5) is 5.69 Å². The van der Waals surface area contributed by atoms with Crippen LogP contribution in [0, 0.1) is 0 Å². The highest BCUT2D eigenvalue weighted by Crippen LogP contribution is 2.33. The minimum absolute atomic E-state index is 0.156. The minimum atomic E-state index is 0.156. The molecule has 5 rings (SSSR count). The first-order valence-corrected chi connectivity index (χ1v) is 12.4. The molecule has 37 heavy (non-hydrogen) atoms. The van der Waals surface area contributed by atoms with Crippen LogP contribution < -0.4 is 33.9 Å². The number of halogens is 1. The number of nitrogens with one attached hydrogen (secondary N) is 1. The molecular weight excluding hydrogens is 548 g/mol. The quantitative estimate of drug-likeness (QED) is 0.437. The maximum absolute atomic E-state index is 6.13. The third-order valence-electron chi connectivity index (χ3n) is 5.75. The molecule has 0 amide bonds. The van der Waals surface area contributed by atoms with Gasteiger partial charge in [-0.3, -0.25) is 0 Å². The zero-order valence-corrected chi connectivity index (χ0v) is 22.7. The molecule has 5 heterocycles. The van der Waals surface area contributed by atoms with Gasteiger partial charge >= 0.3 is 12.0 Å². The Kier molecular flexibility index (Phi) is 9.06. The Morgan fingerprint density at radius 3 is 2.30 bits per heavy atom. The topological polar surface area (TPSA) is 139 Å². The zero-order valence-electron chi connectivity index (χ0n) is 21.1. The fourth-order valence-electron chi connectivity index (χ4n) is 3.90. The van der Waals surface area contributed by atoms with Gasteiger partial charge in [0.1, 0.15) is 18.1 Å². The van der Waals surface area contributed by atoms with Crippen molar-refractivity contribution in [3.05, 3.63) is 34.5 Å². The van der Waals surface area contributed by atoms with Crippen LogP contribution in [0.25, 0.3) is 0 Å². The van der Waals surface area contributed by atoms with Gasteiger partial charge in [0.2, 0.25) is 17.6 Å². The lowest BCUT2D eigenvalue weighted by Crippen LogP contribution is -2.33. The first kappa shape index (κ1) is 26.5. The molecule has 1 N–H and O–H groups in total. The van der Waals surface area contributed by atoms with E-state index in [2.05, 4.69) is 56.1 Å². The number of fused-ring (bicyclic) bond motifs is 1. The molecule has 1 fully saturated rings. The summed E-state index contributed by atoms with van der Waals surface area (Å²) in [5, 5.41) is 3.31. The third kappa shape index (κ3) is 6.43. The van der Waals surface area contributed by atoms with Crippen LogP contribution in [0.2, 0.25) is 0 Å². The molecule has 0 bridgehead atoms. The lowest BCUT2D eigenvalue weighted by Gasteiger charge is -2.31. The summed E-state index contributed by atoms with van der Waals surface area (Å²) >= 11 is 3.21. The standard InChI is InChI=1S/C17H22N6O3.C6H7BrN2O2/c1-24-16-14(8-19-17(22-16)25-2)23-6-4-13-12(9-23)15(21-10-20-13)26-11-3-5-18-7-11;1-10-5-4(7)3-8-6(9-5)11-2/h8,10-11,18H,3-7,9H2,1-2H3;3H,1-2H3/t11-;/m0./s1. The molecule has 1 atom stereocenters. The molecule has 0 radical (unpaired) electrons. The van der Waals surface area contributed by atoms with Gasteiger partial charge < -0.3 is 33.9 Å². The summed E-state index contributed by atoms with van der Waals surface area (Å²) in [4.78, 5) is 27.2. The van der Waals surface area contributed by atoms with E-state index in [0.29, 0.717) is 34.7 Å². The zero-order chi connectivity index (χ0) is 26.2. The third-order valence-corrected chi connectivity index (χ3v) is 6.30. The van der Waals surface area contributed by atoms with Crippen molar-refractivity contribution in [1.82, 2.24) is 35.2 Å². The summed E-state index contributed by atoms with van der Waals surface area (Å²) in [6, 6.07) is 0.578.